The van der Waals surface area contributed by atoms with Crippen LogP contribution < -0.4 is 4.90 Å². The number of para-hydroxylation sites is 1. The molecule has 1 saturated heterocycles. The Bertz CT molecular complexity index is 1100. The number of anilines is 1. The molecule has 26 heavy (non-hydrogen) atoms. The number of benzene rings is 2. The SMILES string of the molecule is Clc1cccc(-c2nnn3c2nc(N2CCCCC2)c2ccccc23)c1. The van der Waals surface area contributed by atoms with Crippen molar-refractivity contribution < 1.29 is 0 Å². The molecule has 4 aromatic rings. The highest BCUT2D eigenvalue weighted by Crippen LogP contribution is 2.31. The average Bonchev–Trinajstić information content (AvgIpc) is 3.12. The molecule has 2 aromatic heterocycles. The molecule has 1 aliphatic heterocycles. The Hall–Kier alpha value is -2.66. The summed E-state index contributed by atoms with van der Waals surface area (Å²) in [5.41, 5.74) is 3.49. The number of fused-ring (bicyclic) bond motifs is 3. The van der Waals surface area contributed by atoms with Gasteiger partial charge in [0, 0.05) is 29.1 Å². The molecule has 130 valence electrons. The van der Waals surface area contributed by atoms with Crippen molar-refractivity contribution in [1.82, 2.24) is 19.8 Å². The molecule has 0 radical (unpaired) electrons. The van der Waals surface area contributed by atoms with Gasteiger partial charge in [-0.1, -0.05) is 41.1 Å². The molecule has 0 unspecified atom stereocenters. The van der Waals surface area contributed by atoms with Crippen molar-refractivity contribution in [3.63, 3.8) is 0 Å². The molecule has 0 bridgehead atoms. The third-order valence-electron chi connectivity index (χ3n) is 4.99. The number of piperidine rings is 1. The fourth-order valence-electron chi connectivity index (χ4n) is 3.72. The maximum absolute atomic E-state index is 6.18. The third-order valence-corrected chi connectivity index (χ3v) is 5.22. The van der Waals surface area contributed by atoms with E-state index in [0.29, 0.717) is 5.02 Å². The van der Waals surface area contributed by atoms with Gasteiger partial charge in [-0.3, -0.25) is 0 Å². The number of nitrogens with zero attached hydrogens (tertiary/aromatic N) is 5. The van der Waals surface area contributed by atoms with E-state index >= 15 is 0 Å². The molecule has 1 fully saturated rings. The second kappa shape index (κ2) is 6.25. The van der Waals surface area contributed by atoms with E-state index in [0.717, 1.165) is 46.7 Å². The second-order valence-electron chi connectivity index (χ2n) is 6.68. The van der Waals surface area contributed by atoms with Crippen molar-refractivity contribution in [2.24, 2.45) is 0 Å². The van der Waals surface area contributed by atoms with Gasteiger partial charge in [-0.2, -0.15) is 4.52 Å². The first-order valence-electron chi connectivity index (χ1n) is 8.96. The van der Waals surface area contributed by atoms with Crippen molar-refractivity contribution in [2.45, 2.75) is 19.3 Å². The minimum absolute atomic E-state index is 0.681. The van der Waals surface area contributed by atoms with Crippen molar-refractivity contribution in [2.75, 3.05) is 18.0 Å². The van der Waals surface area contributed by atoms with Crippen LogP contribution in [-0.4, -0.2) is 32.9 Å². The number of hydrogen-bond acceptors (Lipinski definition) is 4. The van der Waals surface area contributed by atoms with Crippen LogP contribution in [0.1, 0.15) is 19.3 Å². The van der Waals surface area contributed by atoms with Crippen molar-refractivity contribution >= 4 is 34.0 Å². The van der Waals surface area contributed by atoms with E-state index < -0.39 is 0 Å². The van der Waals surface area contributed by atoms with Gasteiger partial charge < -0.3 is 4.90 Å². The van der Waals surface area contributed by atoms with Gasteiger partial charge in [0.1, 0.15) is 11.5 Å². The standard InChI is InChI=1S/C20H18ClN5/c21-15-8-6-7-14(13-15)18-20-22-19(25-11-4-1-5-12-25)16-9-2-3-10-17(16)26(20)24-23-18/h2-3,6-10,13H,1,4-5,11-12H2. The monoisotopic (exact) mass is 363 g/mol. The number of aromatic nitrogens is 4. The molecule has 3 heterocycles. The molecular formula is C20H18ClN5. The van der Waals surface area contributed by atoms with Crippen LogP contribution in [0.2, 0.25) is 5.02 Å². The van der Waals surface area contributed by atoms with Gasteiger partial charge in [-0.15, -0.1) is 5.10 Å². The molecule has 0 amide bonds. The zero-order valence-electron chi connectivity index (χ0n) is 14.3. The largest absolute Gasteiger partial charge is 0.356 e. The zero-order valence-corrected chi connectivity index (χ0v) is 15.0. The predicted octanol–water partition coefficient (Wildman–Crippen LogP) is 4.59. The Labute approximate surface area is 156 Å². The second-order valence-corrected chi connectivity index (χ2v) is 7.12. The first-order valence-corrected chi connectivity index (χ1v) is 9.34. The van der Waals surface area contributed by atoms with Crippen molar-refractivity contribution in [3.05, 3.63) is 53.6 Å². The first kappa shape index (κ1) is 15.6. The van der Waals surface area contributed by atoms with E-state index in [4.69, 9.17) is 16.6 Å². The maximum Gasteiger partial charge on any atom is 0.186 e. The van der Waals surface area contributed by atoms with Crippen molar-refractivity contribution in [3.8, 4) is 11.3 Å². The lowest BCUT2D eigenvalue weighted by atomic mass is 10.1. The van der Waals surface area contributed by atoms with E-state index in [-0.39, 0.29) is 0 Å². The quantitative estimate of drug-likeness (QED) is 0.522. The Morgan fingerprint density at radius 2 is 1.77 bits per heavy atom. The molecule has 0 spiro atoms. The van der Waals surface area contributed by atoms with Crippen LogP contribution in [0.4, 0.5) is 5.82 Å². The summed E-state index contributed by atoms with van der Waals surface area (Å²) in [5.74, 6) is 1.03. The summed E-state index contributed by atoms with van der Waals surface area (Å²) >= 11 is 6.18. The van der Waals surface area contributed by atoms with Crippen LogP contribution in [0, 0.1) is 0 Å². The van der Waals surface area contributed by atoms with Crippen LogP contribution in [0.15, 0.2) is 48.5 Å². The molecule has 2 aromatic carbocycles. The van der Waals surface area contributed by atoms with Crippen LogP contribution in [0.25, 0.3) is 27.8 Å². The molecule has 5 nitrogen and oxygen atoms in total. The summed E-state index contributed by atoms with van der Waals surface area (Å²) in [4.78, 5) is 7.40. The first-order chi connectivity index (χ1) is 12.8. The molecule has 5 rings (SSSR count). The zero-order chi connectivity index (χ0) is 17.5. The summed E-state index contributed by atoms with van der Waals surface area (Å²) in [6.45, 7) is 2.09. The van der Waals surface area contributed by atoms with Gasteiger partial charge >= 0.3 is 0 Å². The smallest absolute Gasteiger partial charge is 0.186 e. The highest BCUT2D eigenvalue weighted by atomic mass is 35.5. The van der Waals surface area contributed by atoms with Crippen molar-refractivity contribution in [1.29, 1.82) is 0 Å². The summed E-state index contributed by atoms with van der Waals surface area (Å²) in [6, 6.07) is 16.0. The molecule has 0 aliphatic carbocycles. The van der Waals surface area contributed by atoms with Crippen LogP contribution in [0.3, 0.4) is 0 Å². The minimum atomic E-state index is 0.681. The third kappa shape index (κ3) is 2.51. The van der Waals surface area contributed by atoms with Gasteiger partial charge in [0.15, 0.2) is 5.65 Å². The summed E-state index contributed by atoms with van der Waals surface area (Å²) in [7, 11) is 0. The predicted molar refractivity (Wildman–Crippen MR) is 105 cm³/mol. The van der Waals surface area contributed by atoms with E-state index in [1.807, 2.05) is 34.8 Å². The fourth-order valence-corrected chi connectivity index (χ4v) is 3.91. The van der Waals surface area contributed by atoms with Crippen LogP contribution >= 0.6 is 11.6 Å². The molecule has 0 saturated carbocycles. The van der Waals surface area contributed by atoms with E-state index in [1.54, 1.807) is 0 Å². The van der Waals surface area contributed by atoms with E-state index in [2.05, 4.69) is 33.4 Å². The number of rotatable bonds is 2. The molecule has 0 atom stereocenters. The number of hydrogen-bond donors (Lipinski definition) is 0. The molecular weight excluding hydrogens is 346 g/mol. The topological polar surface area (TPSA) is 46.3 Å². The maximum atomic E-state index is 6.18. The summed E-state index contributed by atoms with van der Waals surface area (Å²) < 4.78 is 1.83. The normalized spacial score (nSPS) is 15.0. The minimum Gasteiger partial charge on any atom is -0.356 e. The van der Waals surface area contributed by atoms with Crippen LogP contribution in [-0.2, 0) is 0 Å². The Morgan fingerprint density at radius 1 is 0.923 bits per heavy atom. The van der Waals surface area contributed by atoms with Gasteiger partial charge in [0.05, 0.1) is 5.52 Å². The van der Waals surface area contributed by atoms with Gasteiger partial charge in [0.2, 0.25) is 0 Å². The highest BCUT2D eigenvalue weighted by Gasteiger charge is 2.20. The lowest BCUT2D eigenvalue weighted by Crippen LogP contribution is -2.30. The molecule has 1 aliphatic rings. The van der Waals surface area contributed by atoms with E-state index in [9.17, 15) is 0 Å². The lowest BCUT2D eigenvalue weighted by Gasteiger charge is -2.28. The van der Waals surface area contributed by atoms with Gasteiger partial charge in [-0.25, -0.2) is 4.98 Å². The van der Waals surface area contributed by atoms with E-state index in [1.165, 1.54) is 19.3 Å². The molecule has 0 N–H and O–H groups in total. The average molecular weight is 364 g/mol. The van der Waals surface area contributed by atoms with Crippen LogP contribution in [0.5, 0.6) is 0 Å². The Balaban J connectivity index is 1.79. The summed E-state index contributed by atoms with van der Waals surface area (Å²) in [5, 5.41) is 10.6. The lowest BCUT2D eigenvalue weighted by molar-refractivity contribution is 0.575. The highest BCUT2D eigenvalue weighted by molar-refractivity contribution is 6.30. The number of halogens is 1. The fraction of sp³-hybridized carbons (Fsp3) is 0.250. The van der Waals surface area contributed by atoms with Gasteiger partial charge in [0.25, 0.3) is 0 Å². The molecule has 6 heteroatoms. The Morgan fingerprint density at radius 3 is 2.62 bits per heavy atom. The summed E-state index contributed by atoms with van der Waals surface area (Å²) in [6.07, 6.45) is 3.71. The Kier molecular flexibility index (Phi) is 3.75. The van der Waals surface area contributed by atoms with Gasteiger partial charge in [-0.05, 0) is 43.5 Å².